The van der Waals surface area contributed by atoms with E-state index in [9.17, 15) is 4.79 Å². The summed E-state index contributed by atoms with van der Waals surface area (Å²) in [6, 6.07) is 18.4. The van der Waals surface area contributed by atoms with Crippen LogP contribution in [0.15, 0.2) is 74.3 Å². The zero-order chi connectivity index (χ0) is 19.5. The second kappa shape index (κ2) is 7.47. The molecule has 2 aromatic carbocycles. The Kier molecular flexibility index (Phi) is 4.70. The molecule has 0 aliphatic heterocycles. The van der Waals surface area contributed by atoms with Crippen LogP contribution in [-0.2, 0) is 0 Å². The Labute approximate surface area is 164 Å². The van der Waals surface area contributed by atoms with Crippen molar-refractivity contribution >= 4 is 33.1 Å². The Hall–Kier alpha value is -3.76. The molecule has 0 atom stereocenters. The average Bonchev–Trinajstić information content (AvgIpc) is 3.20. The number of hydrogen-bond donors (Lipinski definition) is 1. The van der Waals surface area contributed by atoms with E-state index >= 15 is 0 Å². The summed E-state index contributed by atoms with van der Waals surface area (Å²) < 4.78 is 5.35. The number of hydrogen-bond acceptors (Lipinski definition) is 7. The molecule has 4 rings (SSSR count). The monoisotopic (exact) mass is 386 g/mol. The molecule has 0 amide bonds. The number of para-hydroxylation sites is 1. The Morgan fingerprint density at radius 3 is 2.79 bits per heavy atom. The molecule has 2 heterocycles. The van der Waals surface area contributed by atoms with E-state index < -0.39 is 5.63 Å². The number of nitriles is 1. The molecule has 1 N–H and O–H groups in total. The van der Waals surface area contributed by atoms with Crippen molar-refractivity contribution in [3.63, 3.8) is 0 Å². The molecule has 0 fully saturated rings. The van der Waals surface area contributed by atoms with Gasteiger partial charge < -0.3 is 4.42 Å². The van der Waals surface area contributed by atoms with Crippen LogP contribution in [0, 0.1) is 11.3 Å². The van der Waals surface area contributed by atoms with Crippen molar-refractivity contribution in [1.82, 2.24) is 4.98 Å². The molecule has 0 saturated carbocycles. The third-order valence-electron chi connectivity index (χ3n) is 4.16. The summed E-state index contributed by atoms with van der Waals surface area (Å²) in [5.74, 6) is 0. The van der Waals surface area contributed by atoms with E-state index in [1.807, 2.05) is 35.7 Å². The minimum atomic E-state index is -0.431. The van der Waals surface area contributed by atoms with Crippen LogP contribution in [0.4, 0.5) is 5.13 Å². The Balaban J connectivity index is 1.56. The highest BCUT2D eigenvalue weighted by molar-refractivity contribution is 7.14. The third-order valence-corrected chi connectivity index (χ3v) is 4.91. The maximum absolute atomic E-state index is 12.2. The number of nitrogens with one attached hydrogen (secondary N) is 1. The number of aromatic nitrogens is 1. The highest BCUT2D eigenvalue weighted by atomic mass is 32.1. The summed E-state index contributed by atoms with van der Waals surface area (Å²) >= 11 is 1.40. The van der Waals surface area contributed by atoms with Gasteiger partial charge in [0, 0.05) is 16.3 Å². The maximum atomic E-state index is 12.2. The van der Waals surface area contributed by atoms with Crippen LogP contribution >= 0.6 is 11.3 Å². The van der Waals surface area contributed by atoms with Crippen LogP contribution in [0.25, 0.3) is 22.2 Å². The molecule has 136 valence electrons. The molecule has 0 aliphatic rings. The zero-order valence-corrected chi connectivity index (χ0v) is 15.7. The summed E-state index contributed by atoms with van der Waals surface area (Å²) in [4.78, 5) is 16.7. The van der Waals surface area contributed by atoms with Gasteiger partial charge in [-0.25, -0.2) is 9.78 Å². The highest BCUT2D eigenvalue weighted by Gasteiger charge is 2.09. The fourth-order valence-corrected chi connectivity index (χ4v) is 3.34. The molecule has 0 spiro atoms. The molecular weight excluding hydrogens is 372 g/mol. The van der Waals surface area contributed by atoms with Crippen LogP contribution in [0.3, 0.4) is 0 Å². The highest BCUT2D eigenvalue weighted by Crippen LogP contribution is 2.25. The Morgan fingerprint density at radius 1 is 1.21 bits per heavy atom. The van der Waals surface area contributed by atoms with Crippen LogP contribution in [0.2, 0.25) is 0 Å². The van der Waals surface area contributed by atoms with E-state index in [4.69, 9.17) is 9.68 Å². The molecule has 2 aromatic heterocycles. The molecule has 0 saturated heterocycles. The number of rotatable bonds is 4. The largest absolute Gasteiger partial charge is 0.422 e. The van der Waals surface area contributed by atoms with Gasteiger partial charge in [-0.1, -0.05) is 30.3 Å². The number of anilines is 1. The van der Waals surface area contributed by atoms with E-state index in [0.29, 0.717) is 27.6 Å². The first-order valence-corrected chi connectivity index (χ1v) is 9.31. The topological polar surface area (TPSA) is 91.3 Å². The van der Waals surface area contributed by atoms with E-state index in [2.05, 4.69) is 21.6 Å². The molecule has 0 bridgehead atoms. The first kappa shape index (κ1) is 17.6. The standard InChI is InChI=1S/C21H14N4O2S/c1-13(17-10-16-4-2-3-5-19(16)27-20(17)26)24-25-21-23-18(12-28-21)15-8-6-14(11-22)7-9-15/h2-10,12H,1H3,(H,23,25)/b24-13+. The second-order valence-corrected chi connectivity index (χ2v) is 6.88. The number of benzene rings is 2. The number of fused-ring (bicyclic) bond motifs is 1. The van der Waals surface area contributed by atoms with Gasteiger partial charge in [-0.3, -0.25) is 5.43 Å². The summed E-state index contributed by atoms with van der Waals surface area (Å²) in [6.45, 7) is 1.74. The van der Waals surface area contributed by atoms with Crippen molar-refractivity contribution in [2.45, 2.75) is 6.92 Å². The number of nitrogens with zero attached hydrogens (tertiary/aromatic N) is 3. The molecule has 0 unspecified atom stereocenters. The second-order valence-electron chi connectivity index (χ2n) is 6.02. The van der Waals surface area contributed by atoms with Crippen molar-refractivity contribution < 1.29 is 4.42 Å². The first-order valence-electron chi connectivity index (χ1n) is 8.43. The van der Waals surface area contributed by atoms with Crippen molar-refractivity contribution in [2.75, 3.05) is 5.43 Å². The van der Waals surface area contributed by atoms with Gasteiger partial charge in [-0.2, -0.15) is 10.4 Å². The summed E-state index contributed by atoms with van der Waals surface area (Å²) in [5.41, 5.74) is 6.22. The van der Waals surface area contributed by atoms with Crippen LogP contribution in [0.1, 0.15) is 18.1 Å². The van der Waals surface area contributed by atoms with Gasteiger partial charge in [-0.15, -0.1) is 11.3 Å². The fraction of sp³-hybridized carbons (Fsp3) is 0.0476. The molecule has 4 aromatic rings. The molecule has 28 heavy (non-hydrogen) atoms. The molecule has 7 heteroatoms. The van der Waals surface area contributed by atoms with Gasteiger partial charge in [0.1, 0.15) is 5.58 Å². The minimum absolute atomic E-state index is 0.398. The van der Waals surface area contributed by atoms with Gasteiger partial charge in [0.2, 0.25) is 5.13 Å². The van der Waals surface area contributed by atoms with Gasteiger partial charge in [0.05, 0.1) is 28.6 Å². The lowest BCUT2D eigenvalue weighted by Gasteiger charge is -2.02. The SMILES string of the molecule is C/C(=N\Nc1nc(-c2ccc(C#N)cc2)cs1)c1cc2ccccc2oc1=O. The van der Waals surface area contributed by atoms with Crippen molar-refractivity contribution in [2.24, 2.45) is 5.10 Å². The van der Waals surface area contributed by atoms with Gasteiger partial charge >= 0.3 is 5.63 Å². The first-order chi connectivity index (χ1) is 13.6. The molecular formula is C21H14N4O2S. The van der Waals surface area contributed by atoms with Gasteiger partial charge in [-0.05, 0) is 31.2 Å². The fourth-order valence-electron chi connectivity index (χ4n) is 2.68. The minimum Gasteiger partial charge on any atom is -0.422 e. The maximum Gasteiger partial charge on any atom is 0.345 e. The Morgan fingerprint density at radius 2 is 2.00 bits per heavy atom. The van der Waals surface area contributed by atoms with Crippen LogP contribution in [0.5, 0.6) is 0 Å². The van der Waals surface area contributed by atoms with Crippen molar-refractivity contribution in [1.29, 1.82) is 5.26 Å². The zero-order valence-electron chi connectivity index (χ0n) is 14.8. The number of hydrazone groups is 1. The molecule has 0 aliphatic carbocycles. The van der Waals surface area contributed by atoms with E-state index in [0.717, 1.165) is 16.6 Å². The molecule has 0 radical (unpaired) electrons. The predicted molar refractivity (Wildman–Crippen MR) is 111 cm³/mol. The normalized spacial score (nSPS) is 11.4. The van der Waals surface area contributed by atoms with Crippen molar-refractivity contribution in [3.05, 3.63) is 81.5 Å². The summed E-state index contributed by atoms with van der Waals surface area (Å²) in [5, 5.41) is 16.5. The Bertz CT molecular complexity index is 1280. The summed E-state index contributed by atoms with van der Waals surface area (Å²) in [7, 11) is 0. The van der Waals surface area contributed by atoms with Crippen LogP contribution in [-0.4, -0.2) is 10.7 Å². The van der Waals surface area contributed by atoms with Crippen LogP contribution < -0.4 is 11.1 Å². The lowest BCUT2D eigenvalue weighted by Crippen LogP contribution is -2.13. The number of thiazole rings is 1. The lowest BCUT2D eigenvalue weighted by atomic mass is 10.1. The van der Waals surface area contributed by atoms with Gasteiger partial charge in [0.15, 0.2) is 0 Å². The van der Waals surface area contributed by atoms with Crippen molar-refractivity contribution in [3.8, 4) is 17.3 Å². The third kappa shape index (κ3) is 3.54. The lowest BCUT2D eigenvalue weighted by molar-refractivity contribution is 0.559. The molecule has 6 nitrogen and oxygen atoms in total. The van der Waals surface area contributed by atoms with E-state index in [1.54, 1.807) is 31.2 Å². The quantitative estimate of drug-likeness (QED) is 0.314. The average molecular weight is 386 g/mol. The van der Waals surface area contributed by atoms with E-state index in [1.165, 1.54) is 11.3 Å². The predicted octanol–water partition coefficient (Wildman–Crippen LogP) is 4.62. The van der Waals surface area contributed by atoms with E-state index in [-0.39, 0.29) is 0 Å². The summed E-state index contributed by atoms with van der Waals surface area (Å²) in [6.07, 6.45) is 0. The van der Waals surface area contributed by atoms with Gasteiger partial charge in [0.25, 0.3) is 0 Å². The smallest absolute Gasteiger partial charge is 0.345 e.